The maximum Gasteiger partial charge on any atom is 0.0633 e. The molecule has 0 radical (unpaired) electrons. The highest BCUT2D eigenvalue weighted by Gasteiger charge is 2.01. The molecule has 0 rings (SSSR count). The molecule has 0 atom stereocenters. The topological polar surface area (TPSA) is 24.7 Å². The van der Waals surface area contributed by atoms with Gasteiger partial charge >= 0.3 is 0 Å². The molecular weight excluding hydrogens is 148 g/mol. The van der Waals surface area contributed by atoms with Crippen molar-refractivity contribution in [3.8, 4) is 0 Å². The lowest BCUT2D eigenvalue weighted by Crippen LogP contribution is -1.92. The van der Waals surface area contributed by atoms with Crippen LogP contribution in [0.25, 0.3) is 0 Å². The second-order valence-corrected chi connectivity index (χ2v) is 2.80. The predicted molar refractivity (Wildman–Crippen MR) is 52.8 cm³/mol. The average molecular weight is 164 g/mol. The van der Waals surface area contributed by atoms with Gasteiger partial charge in [-0.3, -0.25) is 0 Å². The van der Waals surface area contributed by atoms with Crippen LogP contribution in [-0.4, -0.2) is 0 Å². The Labute approximate surface area is 74.4 Å². The molecule has 0 fully saturated rings. The summed E-state index contributed by atoms with van der Waals surface area (Å²) in [5.41, 5.74) is 2.03. The van der Waals surface area contributed by atoms with Crippen molar-refractivity contribution >= 4 is 0 Å². The Morgan fingerprint density at radius 2 is 1.92 bits per heavy atom. The van der Waals surface area contributed by atoms with Gasteiger partial charge in [-0.1, -0.05) is 33.1 Å². The van der Waals surface area contributed by atoms with Gasteiger partial charge in [0.05, 0.1) is 5.70 Å². The molecule has 2 nitrogen and oxygen atoms in total. The van der Waals surface area contributed by atoms with Gasteiger partial charge in [0.1, 0.15) is 0 Å². The second-order valence-electron chi connectivity index (χ2n) is 2.80. The number of azo groups is 1. The number of nitrogens with zero attached hydrogens (tertiary/aromatic N) is 2. The molecule has 0 heterocycles. The summed E-state index contributed by atoms with van der Waals surface area (Å²) in [6.07, 6.45) is 3.24. The highest BCUT2D eigenvalue weighted by molar-refractivity contribution is 5.23. The lowest BCUT2D eigenvalue weighted by atomic mass is 10.0. The molecular formula is C10H16N2. The molecule has 0 aromatic rings. The first-order valence-corrected chi connectivity index (χ1v) is 3.98. The third-order valence-corrected chi connectivity index (χ3v) is 1.55. The minimum atomic E-state index is 0.436. The van der Waals surface area contributed by atoms with E-state index >= 15 is 0 Å². The number of hydrogen-bond donors (Lipinski definition) is 0. The summed E-state index contributed by atoms with van der Waals surface area (Å²) >= 11 is 0. The average Bonchev–Trinajstić information content (AvgIpc) is 2.01. The van der Waals surface area contributed by atoms with Gasteiger partial charge < -0.3 is 0 Å². The Morgan fingerprint density at radius 3 is 2.25 bits per heavy atom. The molecule has 0 amide bonds. The number of allylic oxidation sites excluding steroid dienone is 3. The fourth-order valence-corrected chi connectivity index (χ4v) is 0.986. The molecule has 0 N–H and O–H groups in total. The van der Waals surface area contributed by atoms with Crippen LogP contribution in [0.2, 0.25) is 0 Å². The molecule has 0 aliphatic heterocycles. The highest BCUT2D eigenvalue weighted by atomic mass is 15.1. The largest absolute Gasteiger partial charge is 0.160 e. The van der Waals surface area contributed by atoms with Gasteiger partial charge in [-0.05, 0) is 18.4 Å². The molecule has 0 aliphatic carbocycles. The summed E-state index contributed by atoms with van der Waals surface area (Å²) < 4.78 is 0. The molecule has 12 heavy (non-hydrogen) atoms. The van der Waals surface area contributed by atoms with E-state index < -0.39 is 0 Å². The van der Waals surface area contributed by atoms with Crippen LogP contribution in [0.4, 0.5) is 0 Å². The fraction of sp³-hybridized carbons (Fsp3) is 0.400. The van der Waals surface area contributed by atoms with Crippen molar-refractivity contribution in [1.29, 1.82) is 0 Å². The summed E-state index contributed by atoms with van der Waals surface area (Å²) in [6, 6.07) is 0. The van der Waals surface area contributed by atoms with Crippen LogP contribution in [0.5, 0.6) is 0 Å². The van der Waals surface area contributed by atoms with Crippen molar-refractivity contribution in [2.24, 2.45) is 16.1 Å². The standard InChI is InChI=1S/C10H16N2/c1-6-10(8(3)4)9(5)12-11-7-2/h6-8H,1-2H2,3-5H3/b10-9+,12-11?. The van der Waals surface area contributed by atoms with Crippen molar-refractivity contribution < 1.29 is 0 Å². The highest BCUT2D eigenvalue weighted by Crippen LogP contribution is 2.16. The summed E-state index contributed by atoms with van der Waals surface area (Å²) in [6.45, 7) is 13.3. The van der Waals surface area contributed by atoms with Crippen LogP contribution in [0.3, 0.4) is 0 Å². The van der Waals surface area contributed by atoms with Crippen LogP contribution in [0.15, 0.2) is 46.9 Å². The SMILES string of the molecule is C=CN=N/C(C)=C(\C=C)C(C)C. The van der Waals surface area contributed by atoms with Crippen molar-refractivity contribution in [3.63, 3.8) is 0 Å². The van der Waals surface area contributed by atoms with Crippen LogP contribution in [0, 0.1) is 5.92 Å². The molecule has 66 valence electrons. The predicted octanol–water partition coefficient (Wildman–Crippen LogP) is 3.70. The van der Waals surface area contributed by atoms with E-state index in [-0.39, 0.29) is 0 Å². The number of rotatable bonds is 4. The van der Waals surface area contributed by atoms with E-state index in [9.17, 15) is 0 Å². The fourth-order valence-electron chi connectivity index (χ4n) is 0.986. The van der Waals surface area contributed by atoms with Crippen LogP contribution < -0.4 is 0 Å². The first kappa shape index (κ1) is 10.8. The molecule has 0 saturated carbocycles. The summed E-state index contributed by atoms with van der Waals surface area (Å²) in [5.74, 6) is 0.436. The summed E-state index contributed by atoms with van der Waals surface area (Å²) in [4.78, 5) is 0. The molecule has 0 unspecified atom stereocenters. The molecule has 0 spiro atoms. The second kappa shape index (κ2) is 5.47. The van der Waals surface area contributed by atoms with Gasteiger partial charge in [0.25, 0.3) is 0 Å². The quantitative estimate of drug-likeness (QED) is 0.447. The van der Waals surface area contributed by atoms with Crippen molar-refractivity contribution in [3.05, 3.63) is 36.7 Å². The van der Waals surface area contributed by atoms with Gasteiger partial charge in [-0.2, -0.15) is 10.2 Å². The van der Waals surface area contributed by atoms with Gasteiger partial charge in [-0.15, -0.1) is 0 Å². The molecule has 0 bridgehead atoms. The normalized spacial score (nSPS) is 13.3. The monoisotopic (exact) mass is 164 g/mol. The van der Waals surface area contributed by atoms with Crippen LogP contribution >= 0.6 is 0 Å². The van der Waals surface area contributed by atoms with E-state index in [1.807, 2.05) is 13.0 Å². The zero-order chi connectivity index (χ0) is 9.56. The Bertz CT molecular complexity index is 222. The molecule has 2 heteroatoms. The Balaban J connectivity index is 4.71. The van der Waals surface area contributed by atoms with E-state index in [0.717, 1.165) is 11.3 Å². The van der Waals surface area contributed by atoms with Gasteiger partial charge in [0, 0.05) is 6.20 Å². The molecule has 0 aromatic heterocycles. The number of hydrogen-bond acceptors (Lipinski definition) is 2. The molecule has 0 aromatic carbocycles. The summed E-state index contributed by atoms with van der Waals surface area (Å²) in [7, 11) is 0. The minimum absolute atomic E-state index is 0.436. The zero-order valence-electron chi connectivity index (χ0n) is 8.04. The maximum absolute atomic E-state index is 3.95. The lowest BCUT2D eigenvalue weighted by Gasteiger charge is -2.06. The van der Waals surface area contributed by atoms with Crippen molar-refractivity contribution in [1.82, 2.24) is 0 Å². The lowest BCUT2D eigenvalue weighted by molar-refractivity contribution is 0.774. The van der Waals surface area contributed by atoms with Crippen molar-refractivity contribution in [2.45, 2.75) is 20.8 Å². The van der Waals surface area contributed by atoms with E-state index in [4.69, 9.17) is 0 Å². The Morgan fingerprint density at radius 1 is 1.33 bits per heavy atom. The van der Waals surface area contributed by atoms with E-state index in [2.05, 4.69) is 37.2 Å². The third-order valence-electron chi connectivity index (χ3n) is 1.55. The van der Waals surface area contributed by atoms with Gasteiger partial charge in [-0.25, -0.2) is 0 Å². The third kappa shape index (κ3) is 3.28. The minimum Gasteiger partial charge on any atom is -0.160 e. The smallest absolute Gasteiger partial charge is 0.0633 e. The van der Waals surface area contributed by atoms with Crippen LogP contribution in [-0.2, 0) is 0 Å². The Hall–Kier alpha value is -1.18. The van der Waals surface area contributed by atoms with Gasteiger partial charge in [0.15, 0.2) is 0 Å². The van der Waals surface area contributed by atoms with E-state index in [1.165, 1.54) is 6.20 Å². The van der Waals surface area contributed by atoms with Crippen LogP contribution in [0.1, 0.15) is 20.8 Å². The van der Waals surface area contributed by atoms with Crippen molar-refractivity contribution in [2.75, 3.05) is 0 Å². The van der Waals surface area contributed by atoms with Gasteiger partial charge in [0.2, 0.25) is 0 Å². The van der Waals surface area contributed by atoms with E-state index in [1.54, 1.807) is 0 Å². The molecule has 0 saturated heterocycles. The Kier molecular flexibility index (Phi) is 4.93. The summed E-state index contributed by atoms with van der Waals surface area (Å²) in [5, 5.41) is 7.66. The first-order chi connectivity index (χ1) is 5.63. The van der Waals surface area contributed by atoms with E-state index in [0.29, 0.717) is 5.92 Å². The first-order valence-electron chi connectivity index (χ1n) is 3.98. The zero-order valence-corrected chi connectivity index (χ0v) is 8.04. The molecule has 0 aliphatic rings. The maximum atomic E-state index is 3.95.